The molecule has 2 aromatic rings. The monoisotopic (exact) mass is 270 g/mol. The first-order valence-electron chi connectivity index (χ1n) is 7.05. The molecule has 0 amide bonds. The highest BCUT2D eigenvalue weighted by Gasteiger charge is 1.98. The molecule has 2 rings (SSSR count). The predicted molar refractivity (Wildman–Crippen MR) is 83.0 cm³/mol. The average Bonchev–Trinajstić information content (AvgIpc) is 2.43. The molecule has 0 atom stereocenters. The van der Waals surface area contributed by atoms with Gasteiger partial charge in [-0.25, -0.2) is 9.97 Å². The van der Waals surface area contributed by atoms with Crippen LogP contribution in [-0.2, 0) is 6.42 Å². The number of hydrogen-bond acceptors (Lipinski definition) is 4. The topological polar surface area (TPSA) is 49.8 Å². The van der Waals surface area contributed by atoms with Crippen molar-refractivity contribution in [1.29, 1.82) is 0 Å². The first kappa shape index (κ1) is 14.5. The predicted octanol–water partition coefficient (Wildman–Crippen LogP) is 2.34. The Morgan fingerprint density at radius 3 is 2.30 bits per heavy atom. The van der Waals surface area contributed by atoms with Gasteiger partial charge in [0.15, 0.2) is 0 Å². The number of hydrogen-bond donors (Lipinski definition) is 2. The summed E-state index contributed by atoms with van der Waals surface area (Å²) in [6.45, 7) is 6.69. The molecule has 0 saturated carbocycles. The van der Waals surface area contributed by atoms with Gasteiger partial charge < -0.3 is 10.6 Å². The molecule has 0 aliphatic rings. The van der Waals surface area contributed by atoms with E-state index in [1.165, 1.54) is 5.56 Å². The van der Waals surface area contributed by atoms with Crippen LogP contribution in [0.4, 0.5) is 5.95 Å². The van der Waals surface area contributed by atoms with E-state index in [0.717, 1.165) is 37.4 Å². The highest BCUT2D eigenvalue weighted by Crippen LogP contribution is 2.02. The lowest BCUT2D eigenvalue weighted by Crippen LogP contribution is -2.25. The van der Waals surface area contributed by atoms with Gasteiger partial charge >= 0.3 is 0 Å². The van der Waals surface area contributed by atoms with Crippen LogP contribution in [0.1, 0.15) is 17.0 Å². The maximum atomic E-state index is 4.35. The van der Waals surface area contributed by atoms with Gasteiger partial charge in [-0.3, -0.25) is 0 Å². The Labute approximate surface area is 120 Å². The minimum Gasteiger partial charge on any atom is -0.353 e. The Balaban J connectivity index is 1.62. The summed E-state index contributed by atoms with van der Waals surface area (Å²) in [5, 5.41) is 6.66. The van der Waals surface area contributed by atoms with Gasteiger partial charge in [-0.2, -0.15) is 0 Å². The number of aromatic nitrogens is 2. The minimum absolute atomic E-state index is 0.715. The van der Waals surface area contributed by atoms with Crippen molar-refractivity contribution in [3.63, 3.8) is 0 Å². The lowest BCUT2D eigenvalue weighted by atomic mass is 10.1. The van der Waals surface area contributed by atoms with Crippen molar-refractivity contribution in [2.45, 2.75) is 20.3 Å². The standard InChI is InChI=1S/C16H22N4/c1-13-12-14(2)20-16(19-13)18-11-10-17-9-8-15-6-4-3-5-7-15/h3-7,12,17H,8-11H2,1-2H3,(H,18,19,20). The minimum atomic E-state index is 0.715. The van der Waals surface area contributed by atoms with Crippen LogP contribution in [0, 0.1) is 13.8 Å². The summed E-state index contributed by atoms with van der Waals surface area (Å²) >= 11 is 0. The fourth-order valence-corrected chi connectivity index (χ4v) is 2.07. The number of nitrogens with one attached hydrogen (secondary N) is 2. The van der Waals surface area contributed by atoms with E-state index in [1.54, 1.807) is 0 Å². The largest absolute Gasteiger partial charge is 0.353 e. The van der Waals surface area contributed by atoms with Crippen LogP contribution in [0.15, 0.2) is 36.4 Å². The van der Waals surface area contributed by atoms with Gasteiger partial charge in [0.25, 0.3) is 0 Å². The molecule has 0 bridgehead atoms. The molecule has 2 N–H and O–H groups in total. The summed E-state index contributed by atoms with van der Waals surface area (Å²) in [6, 6.07) is 12.5. The Morgan fingerprint density at radius 2 is 1.60 bits per heavy atom. The van der Waals surface area contributed by atoms with Crippen molar-refractivity contribution in [1.82, 2.24) is 15.3 Å². The molecule has 0 aliphatic carbocycles. The molecule has 0 aliphatic heterocycles. The zero-order valence-electron chi connectivity index (χ0n) is 12.2. The zero-order valence-corrected chi connectivity index (χ0v) is 12.2. The van der Waals surface area contributed by atoms with Gasteiger partial charge in [0.05, 0.1) is 0 Å². The first-order chi connectivity index (χ1) is 9.74. The molecule has 0 fully saturated rings. The van der Waals surface area contributed by atoms with Gasteiger partial charge in [0.2, 0.25) is 5.95 Å². The second-order valence-corrected chi connectivity index (χ2v) is 4.89. The fraction of sp³-hybridized carbons (Fsp3) is 0.375. The molecule has 1 aromatic carbocycles. The van der Waals surface area contributed by atoms with Crippen molar-refractivity contribution in [2.24, 2.45) is 0 Å². The number of aryl methyl sites for hydroxylation is 2. The molecule has 0 unspecified atom stereocenters. The van der Waals surface area contributed by atoms with E-state index in [-0.39, 0.29) is 0 Å². The van der Waals surface area contributed by atoms with Gasteiger partial charge in [-0.1, -0.05) is 30.3 Å². The van der Waals surface area contributed by atoms with Crippen LogP contribution in [-0.4, -0.2) is 29.6 Å². The molecule has 20 heavy (non-hydrogen) atoms. The summed E-state index contributed by atoms with van der Waals surface area (Å²) < 4.78 is 0. The Hall–Kier alpha value is -1.94. The molecule has 106 valence electrons. The molecule has 0 radical (unpaired) electrons. The van der Waals surface area contributed by atoms with Crippen LogP contribution in [0.3, 0.4) is 0 Å². The Morgan fingerprint density at radius 1 is 0.900 bits per heavy atom. The lowest BCUT2D eigenvalue weighted by Gasteiger charge is -2.08. The van der Waals surface area contributed by atoms with Crippen LogP contribution < -0.4 is 10.6 Å². The van der Waals surface area contributed by atoms with Gasteiger partial charge in [0, 0.05) is 24.5 Å². The third kappa shape index (κ3) is 4.97. The van der Waals surface area contributed by atoms with Crippen molar-refractivity contribution < 1.29 is 0 Å². The second kappa shape index (κ2) is 7.60. The summed E-state index contributed by atoms with van der Waals surface area (Å²) in [4.78, 5) is 8.70. The van der Waals surface area contributed by atoms with Gasteiger partial charge in [-0.15, -0.1) is 0 Å². The molecule has 1 aromatic heterocycles. The number of nitrogens with zero attached hydrogens (tertiary/aromatic N) is 2. The smallest absolute Gasteiger partial charge is 0.223 e. The molecule has 4 heteroatoms. The van der Waals surface area contributed by atoms with Crippen molar-refractivity contribution >= 4 is 5.95 Å². The van der Waals surface area contributed by atoms with Crippen molar-refractivity contribution in [3.8, 4) is 0 Å². The van der Waals surface area contributed by atoms with E-state index in [1.807, 2.05) is 26.0 Å². The second-order valence-electron chi connectivity index (χ2n) is 4.89. The summed E-state index contributed by atoms with van der Waals surface area (Å²) in [7, 11) is 0. The SMILES string of the molecule is Cc1cc(C)nc(NCCNCCc2ccccc2)n1. The van der Waals surface area contributed by atoms with E-state index >= 15 is 0 Å². The molecular formula is C16H22N4. The maximum Gasteiger partial charge on any atom is 0.223 e. The number of benzene rings is 1. The molecular weight excluding hydrogens is 248 g/mol. The highest BCUT2D eigenvalue weighted by molar-refractivity contribution is 5.27. The number of rotatable bonds is 7. The van der Waals surface area contributed by atoms with Crippen LogP contribution in [0.25, 0.3) is 0 Å². The van der Waals surface area contributed by atoms with E-state index in [4.69, 9.17) is 0 Å². The van der Waals surface area contributed by atoms with Crippen LogP contribution in [0.2, 0.25) is 0 Å². The Kier molecular flexibility index (Phi) is 5.50. The number of anilines is 1. The van der Waals surface area contributed by atoms with Gasteiger partial charge in [0.1, 0.15) is 0 Å². The molecule has 1 heterocycles. The van der Waals surface area contributed by atoms with E-state index in [2.05, 4.69) is 44.9 Å². The van der Waals surface area contributed by atoms with Crippen molar-refractivity contribution in [2.75, 3.05) is 25.0 Å². The quantitative estimate of drug-likeness (QED) is 0.758. The third-order valence-corrected chi connectivity index (χ3v) is 3.00. The highest BCUT2D eigenvalue weighted by atomic mass is 15.1. The fourth-order valence-electron chi connectivity index (χ4n) is 2.07. The molecule has 0 spiro atoms. The van der Waals surface area contributed by atoms with E-state index in [9.17, 15) is 0 Å². The average molecular weight is 270 g/mol. The van der Waals surface area contributed by atoms with E-state index < -0.39 is 0 Å². The van der Waals surface area contributed by atoms with Crippen molar-refractivity contribution in [3.05, 3.63) is 53.3 Å². The summed E-state index contributed by atoms with van der Waals surface area (Å²) in [5.74, 6) is 0.715. The lowest BCUT2D eigenvalue weighted by molar-refractivity contribution is 0.697. The third-order valence-electron chi connectivity index (χ3n) is 3.00. The van der Waals surface area contributed by atoms with E-state index in [0.29, 0.717) is 5.95 Å². The molecule has 0 saturated heterocycles. The zero-order chi connectivity index (χ0) is 14.2. The van der Waals surface area contributed by atoms with Crippen LogP contribution in [0.5, 0.6) is 0 Å². The summed E-state index contributed by atoms with van der Waals surface area (Å²) in [6.07, 6.45) is 1.06. The maximum absolute atomic E-state index is 4.35. The van der Waals surface area contributed by atoms with Crippen LogP contribution >= 0.6 is 0 Å². The summed E-state index contributed by atoms with van der Waals surface area (Å²) in [5.41, 5.74) is 3.36. The Bertz CT molecular complexity index is 505. The molecule has 4 nitrogen and oxygen atoms in total. The first-order valence-corrected chi connectivity index (χ1v) is 7.05. The van der Waals surface area contributed by atoms with Gasteiger partial charge in [-0.05, 0) is 38.4 Å². The normalized spacial score (nSPS) is 10.5.